The van der Waals surface area contributed by atoms with Gasteiger partial charge in [0.2, 0.25) is 0 Å². The molecular formula is C10H30Y13-4. The van der Waals surface area contributed by atoms with E-state index in [9.17, 15) is 0 Å². The Hall–Kier alpha value is 14.4. The third kappa shape index (κ3) is 208. The molecule has 0 amide bonds. The van der Waals surface area contributed by atoms with E-state index >= 15 is 0 Å². The molecule has 13 heteroatoms. The predicted octanol–water partition coefficient (Wildman–Crippen LogP) is 4.85. The van der Waals surface area contributed by atoms with Gasteiger partial charge in [0.1, 0.15) is 0 Å². The van der Waals surface area contributed by atoms with E-state index in [1.54, 1.807) is 0 Å². The summed E-state index contributed by atoms with van der Waals surface area (Å²) in [4.78, 5) is 0. The van der Waals surface area contributed by atoms with Crippen molar-refractivity contribution in [3.8, 4) is 0 Å². The van der Waals surface area contributed by atoms with Gasteiger partial charge in [0, 0.05) is 425 Å². The molecule has 0 unspecified atom stereocenters. The fraction of sp³-hybridized carbons (Fsp3) is 0.600. The fourth-order valence-electron chi connectivity index (χ4n) is 0. The van der Waals surface area contributed by atoms with Gasteiger partial charge in [-0.05, 0) is 0 Å². The Labute approximate surface area is 480 Å². The molecule has 0 bridgehead atoms. The molecule has 0 aliphatic heterocycles. The molecule has 0 spiro atoms. The first-order valence-electron chi connectivity index (χ1n) is 3.00. The zero-order valence-electron chi connectivity index (χ0n) is 17.5. The molecule has 0 aromatic rings. The minimum absolute atomic E-state index is 0. The summed E-state index contributed by atoms with van der Waals surface area (Å²) in [6, 6.07) is 0. The van der Waals surface area contributed by atoms with Crippen LogP contribution in [-0.4, -0.2) is 0 Å². The van der Waals surface area contributed by atoms with E-state index in [1.165, 1.54) is 0 Å². The first kappa shape index (κ1) is 164. The average Bonchev–Trinajstić information content (AvgIpc) is 1.81. The van der Waals surface area contributed by atoms with Gasteiger partial charge in [-0.25, -0.2) is 0 Å². The van der Waals surface area contributed by atoms with E-state index in [2.05, 4.69) is 0 Å². The van der Waals surface area contributed by atoms with Gasteiger partial charge in [-0.15, -0.1) is 0 Å². The molecule has 0 atom stereocenters. The van der Waals surface area contributed by atoms with E-state index in [4.69, 9.17) is 0 Å². The van der Waals surface area contributed by atoms with Crippen molar-refractivity contribution in [2.24, 2.45) is 0 Å². The quantitative estimate of drug-likeness (QED) is 0.305. The standard InChI is InChI=1S/3C2H6.4CH3.13Y/c3*1-2;;;;;;;;;;;;;;;;;/h3*1-2H3;4*1H3;;;;;;;;;;;;;/q;;;4*-1;;;;;;;;;;;;;. The Morgan fingerprint density at radius 3 is 0.174 bits per heavy atom. The second-order valence-electron chi connectivity index (χ2n) is 0. The molecule has 0 heterocycles. The molecule has 0 nitrogen and oxygen atoms in total. The van der Waals surface area contributed by atoms with Crippen LogP contribution in [0.2, 0.25) is 0 Å². The van der Waals surface area contributed by atoms with Crippen molar-refractivity contribution in [1.29, 1.82) is 0 Å². The van der Waals surface area contributed by atoms with Gasteiger partial charge in [0.05, 0.1) is 0 Å². The molecule has 0 saturated carbocycles. The van der Waals surface area contributed by atoms with Crippen LogP contribution in [-0.2, 0) is 425 Å². The van der Waals surface area contributed by atoms with E-state index in [0.29, 0.717) is 0 Å². The molecule has 0 rings (SSSR count). The maximum Gasteiger partial charge on any atom is 0 e. The molecule has 0 aliphatic carbocycles. The first-order chi connectivity index (χ1) is 3.00. The molecule has 0 aromatic heterocycles. The summed E-state index contributed by atoms with van der Waals surface area (Å²) in [6.07, 6.45) is 0. The topological polar surface area (TPSA) is 0 Å². The summed E-state index contributed by atoms with van der Waals surface area (Å²) in [5, 5.41) is 0. The monoisotopic (exact) mass is 1310 g/mol. The number of hydrogen-bond donors (Lipinski definition) is 0. The molecule has 0 aliphatic rings. The van der Waals surface area contributed by atoms with E-state index in [0.717, 1.165) is 0 Å². The van der Waals surface area contributed by atoms with Crippen LogP contribution in [0, 0.1) is 29.7 Å². The summed E-state index contributed by atoms with van der Waals surface area (Å²) in [5.41, 5.74) is 0. The van der Waals surface area contributed by atoms with Gasteiger partial charge in [0.25, 0.3) is 0 Å². The maximum absolute atomic E-state index is 2.00. The zero-order valence-corrected chi connectivity index (χ0v) is 54.4. The summed E-state index contributed by atoms with van der Waals surface area (Å²) < 4.78 is 0. The van der Waals surface area contributed by atoms with Crippen molar-refractivity contribution >= 4 is 0 Å². The van der Waals surface area contributed by atoms with Crippen molar-refractivity contribution in [2.75, 3.05) is 0 Å². The number of rotatable bonds is 0. The van der Waals surface area contributed by atoms with Crippen molar-refractivity contribution in [1.82, 2.24) is 0 Å². The van der Waals surface area contributed by atoms with Crippen LogP contribution < -0.4 is 0 Å². The average molecular weight is 1310 g/mol. The third-order valence-corrected chi connectivity index (χ3v) is 0. The van der Waals surface area contributed by atoms with Crippen LogP contribution >= 0.6 is 0 Å². The molecule has 0 aromatic carbocycles. The molecular weight excluding hydrogens is 1280 g/mol. The van der Waals surface area contributed by atoms with Gasteiger partial charge in [-0.3, -0.25) is 0 Å². The van der Waals surface area contributed by atoms with Crippen LogP contribution in [0.1, 0.15) is 41.5 Å². The molecule has 23 heavy (non-hydrogen) atoms. The molecule has 13 radical (unpaired) electrons. The van der Waals surface area contributed by atoms with Crippen LogP contribution in [0.3, 0.4) is 0 Å². The van der Waals surface area contributed by atoms with Crippen molar-refractivity contribution in [3.05, 3.63) is 29.7 Å². The molecule has 0 saturated heterocycles. The SMILES string of the molecule is CC.CC.CC.[CH3-].[CH3-].[CH3-].[CH3-].[Y].[Y].[Y].[Y].[Y].[Y].[Y].[Y].[Y].[Y].[Y].[Y].[Y]. The number of hydrogen-bond acceptors (Lipinski definition) is 0. The van der Waals surface area contributed by atoms with Crippen molar-refractivity contribution in [2.45, 2.75) is 41.5 Å². The van der Waals surface area contributed by atoms with Gasteiger partial charge < -0.3 is 29.7 Å². The molecule has 0 N–H and O–H groups in total. The first-order valence-corrected chi connectivity index (χ1v) is 3.00. The smallest absolute Gasteiger partial charge is 0 e. The Bertz CT molecular complexity index is 22.7. The van der Waals surface area contributed by atoms with Crippen molar-refractivity contribution < 1.29 is 425 Å². The van der Waals surface area contributed by atoms with Gasteiger partial charge >= 0.3 is 0 Å². The van der Waals surface area contributed by atoms with Crippen LogP contribution in [0.25, 0.3) is 0 Å². The van der Waals surface area contributed by atoms with E-state index < -0.39 is 0 Å². The van der Waals surface area contributed by atoms with Crippen LogP contribution in [0.4, 0.5) is 0 Å². The second kappa shape index (κ2) is 221. The minimum atomic E-state index is 0. The largest absolute Gasteiger partial charge is 0.358 e. The Balaban J connectivity index is -0.000000000238. The van der Waals surface area contributed by atoms with Gasteiger partial charge in [-0.1, -0.05) is 41.5 Å². The van der Waals surface area contributed by atoms with Gasteiger partial charge in [0.15, 0.2) is 0 Å². The van der Waals surface area contributed by atoms with Gasteiger partial charge in [-0.2, -0.15) is 0 Å². The third-order valence-electron chi connectivity index (χ3n) is 0. The normalized spacial score (nSPS) is 0.783. The summed E-state index contributed by atoms with van der Waals surface area (Å²) in [6.45, 7) is 12.0. The Morgan fingerprint density at radius 1 is 0.174 bits per heavy atom. The van der Waals surface area contributed by atoms with Crippen LogP contribution in [0.5, 0.6) is 0 Å². The zero-order chi connectivity index (χ0) is 6.00. The summed E-state index contributed by atoms with van der Waals surface area (Å²) in [7, 11) is 0. The molecule has 113 valence electrons. The van der Waals surface area contributed by atoms with E-state index in [-0.39, 0.29) is 455 Å². The predicted molar refractivity (Wildman–Crippen MR) is 59.7 cm³/mol. The fourth-order valence-corrected chi connectivity index (χ4v) is 0. The minimum Gasteiger partial charge on any atom is -0.358 e. The summed E-state index contributed by atoms with van der Waals surface area (Å²) in [5.74, 6) is 0. The Kier molecular flexibility index (Phi) is 1570. The second-order valence-corrected chi connectivity index (χ2v) is 0. The van der Waals surface area contributed by atoms with Crippen LogP contribution in [0.15, 0.2) is 0 Å². The maximum atomic E-state index is 2.00. The van der Waals surface area contributed by atoms with Crippen molar-refractivity contribution in [3.63, 3.8) is 0 Å². The summed E-state index contributed by atoms with van der Waals surface area (Å²) >= 11 is 0. The molecule has 0 fully saturated rings. The van der Waals surface area contributed by atoms with E-state index in [1.807, 2.05) is 41.5 Å². The Morgan fingerprint density at radius 2 is 0.174 bits per heavy atom.